The van der Waals surface area contributed by atoms with Crippen LogP contribution in [-0.2, 0) is 9.53 Å². The van der Waals surface area contributed by atoms with Crippen LogP contribution in [0, 0.1) is 10.1 Å². The van der Waals surface area contributed by atoms with Crippen LogP contribution < -0.4 is 0 Å². The molecule has 7 heteroatoms. The number of non-ortho nitro benzene ring substituents is 1. The van der Waals surface area contributed by atoms with Crippen molar-refractivity contribution in [1.82, 2.24) is 0 Å². The first-order valence-corrected chi connectivity index (χ1v) is 7.40. The maximum absolute atomic E-state index is 12.6. The van der Waals surface area contributed by atoms with Crippen LogP contribution in [0.5, 0.6) is 5.75 Å². The molecule has 7 nitrogen and oxygen atoms in total. The molecule has 2 aromatic rings. The van der Waals surface area contributed by atoms with Gasteiger partial charge in [-0.05, 0) is 42.8 Å². The lowest BCUT2D eigenvalue weighted by Crippen LogP contribution is -2.16. The highest BCUT2D eigenvalue weighted by Gasteiger charge is 2.23. The molecule has 0 atom stereocenters. The van der Waals surface area contributed by atoms with Crippen LogP contribution in [0.2, 0.25) is 0 Å². The SMILES string of the molecule is CCOC(=O)/C(=C/c1ccc([N+](=O)[O-])cc1)C(=O)c1ccccc1O. The van der Waals surface area contributed by atoms with Gasteiger partial charge in [0.05, 0.1) is 17.1 Å². The molecule has 0 heterocycles. The van der Waals surface area contributed by atoms with Gasteiger partial charge in [0.1, 0.15) is 11.3 Å². The Morgan fingerprint density at radius 3 is 2.36 bits per heavy atom. The Hall–Kier alpha value is -3.48. The molecule has 0 radical (unpaired) electrons. The summed E-state index contributed by atoms with van der Waals surface area (Å²) in [6.45, 7) is 1.68. The van der Waals surface area contributed by atoms with Crippen molar-refractivity contribution < 1.29 is 24.4 Å². The Bertz CT molecular complexity index is 839. The third kappa shape index (κ3) is 4.29. The summed E-state index contributed by atoms with van der Waals surface area (Å²) in [6.07, 6.45) is 1.27. The molecule has 0 unspecified atom stereocenters. The number of nitro benzene ring substituents is 1. The minimum atomic E-state index is -0.839. The molecule has 25 heavy (non-hydrogen) atoms. The molecule has 0 amide bonds. The lowest BCUT2D eigenvalue weighted by atomic mass is 10.00. The predicted octanol–water partition coefficient (Wildman–Crippen LogP) is 3.13. The summed E-state index contributed by atoms with van der Waals surface area (Å²) < 4.78 is 4.90. The molecule has 2 rings (SSSR count). The summed E-state index contributed by atoms with van der Waals surface area (Å²) in [7, 11) is 0. The van der Waals surface area contributed by atoms with Gasteiger partial charge in [-0.3, -0.25) is 14.9 Å². The second kappa shape index (κ2) is 7.87. The highest BCUT2D eigenvalue weighted by molar-refractivity contribution is 6.27. The van der Waals surface area contributed by atoms with E-state index in [2.05, 4.69) is 0 Å². The van der Waals surface area contributed by atoms with Gasteiger partial charge >= 0.3 is 5.97 Å². The average Bonchev–Trinajstić information content (AvgIpc) is 2.60. The van der Waals surface area contributed by atoms with Crippen LogP contribution >= 0.6 is 0 Å². The second-order valence-corrected chi connectivity index (χ2v) is 4.97. The van der Waals surface area contributed by atoms with Gasteiger partial charge in [0.2, 0.25) is 5.78 Å². The van der Waals surface area contributed by atoms with Gasteiger partial charge in [0, 0.05) is 12.1 Å². The highest BCUT2D eigenvalue weighted by Crippen LogP contribution is 2.22. The second-order valence-electron chi connectivity index (χ2n) is 4.97. The number of hydrogen-bond acceptors (Lipinski definition) is 6. The lowest BCUT2D eigenvalue weighted by Gasteiger charge is -2.08. The number of phenols is 1. The first kappa shape index (κ1) is 17.9. The van der Waals surface area contributed by atoms with Gasteiger partial charge in [0.15, 0.2) is 0 Å². The van der Waals surface area contributed by atoms with Crippen LogP contribution in [0.25, 0.3) is 6.08 Å². The molecule has 0 saturated heterocycles. The maximum atomic E-state index is 12.6. The third-order valence-corrected chi connectivity index (χ3v) is 3.30. The Kier molecular flexibility index (Phi) is 5.62. The van der Waals surface area contributed by atoms with E-state index in [9.17, 15) is 24.8 Å². The van der Waals surface area contributed by atoms with E-state index in [4.69, 9.17) is 4.74 Å². The molecule has 0 aromatic heterocycles. The van der Waals surface area contributed by atoms with E-state index in [0.29, 0.717) is 5.56 Å². The number of nitrogens with zero attached hydrogens (tertiary/aromatic N) is 1. The largest absolute Gasteiger partial charge is 0.507 e. The minimum absolute atomic E-state index is 0.0382. The molecule has 128 valence electrons. The van der Waals surface area contributed by atoms with Crippen LogP contribution in [0.4, 0.5) is 5.69 Å². The fourth-order valence-corrected chi connectivity index (χ4v) is 2.10. The van der Waals surface area contributed by atoms with Crippen LogP contribution in [-0.4, -0.2) is 28.4 Å². The van der Waals surface area contributed by atoms with E-state index >= 15 is 0 Å². The molecule has 0 fully saturated rings. The summed E-state index contributed by atoms with van der Waals surface area (Å²) in [4.78, 5) is 34.9. The number of Topliss-reactive ketones (excluding diaryl/α,β-unsaturated/α-hetero) is 1. The predicted molar refractivity (Wildman–Crippen MR) is 90.1 cm³/mol. The number of para-hydroxylation sites is 1. The third-order valence-electron chi connectivity index (χ3n) is 3.30. The summed E-state index contributed by atoms with van der Waals surface area (Å²) >= 11 is 0. The van der Waals surface area contributed by atoms with E-state index in [1.807, 2.05) is 0 Å². The van der Waals surface area contributed by atoms with Gasteiger partial charge in [-0.2, -0.15) is 0 Å². The van der Waals surface area contributed by atoms with E-state index in [1.54, 1.807) is 19.1 Å². The number of hydrogen-bond donors (Lipinski definition) is 1. The molecule has 0 aliphatic carbocycles. The fraction of sp³-hybridized carbons (Fsp3) is 0.111. The van der Waals surface area contributed by atoms with Gasteiger partial charge in [-0.15, -0.1) is 0 Å². The van der Waals surface area contributed by atoms with Crippen molar-refractivity contribution in [2.75, 3.05) is 6.61 Å². The summed E-state index contributed by atoms with van der Waals surface area (Å²) in [6, 6.07) is 11.2. The van der Waals surface area contributed by atoms with Gasteiger partial charge in [-0.25, -0.2) is 4.79 Å². The minimum Gasteiger partial charge on any atom is -0.507 e. The maximum Gasteiger partial charge on any atom is 0.342 e. The number of carbonyl (C=O) groups excluding carboxylic acids is 2. The average molecular weight is 341 g/mol. The fourth-order valence-electron chi connectivity index (χ4n) is 2.10. The topological polar surface area (TPSA) is 107 Å². The first-order valence-electron chi connectivity index (χ1n) is 7.40. The number of carbonyl (C=O) groups is 2. The van der Waals surface area contributed by atoms with Gasteiger partial charge < -0.3 is 9.84 Å². The zero-order valence-corrected chi connectivity index (χ0v) is 13.3. The Morgan fingerprint density at radius 2 is 1.80 bits per heavy atom. The molecule has 0 aliphatic rings. The van der Waals surface area contributed by atoms with Crippen LogP contribution in [0.1, 0.15) is 22.8 Å². The van der Waals surface area contributed by atoms with Crippen molar-refractivity contribution in [2.45, 2.75) is 6.92 Å². The number of ketones is 1. The smallest absolute Gasteiger partial charge is 0.342 e. The molecule has 1 N–H and O–H groups in total. The Balaban J connectivity index is 2.45. The number of ether oxygens (including phenoxy) is 1. The molecule has 0 saturated carbocycles. The normalized spacial score (nSPS) is 11.0. The number of esters is 1. The first-order chi connectivity index (χ1) is 11.9. The Morgan fingerprint density at radius 1 is 1.16 bits per heavy atom. The summed E-state index contributed by atoms with van der Waals surface area (Å²) in [5.41, 5.74) is -0.0137. The van der Waals surface area contributed by atoms with Crippen molar-refractivity contribution in [3.05, 3.63) is 75.3 Å². The number of phenolic OH excluding ortho intramolecular Hbond substituents is 1. The van der Waals surface area contributed by atoms with Crippen LogP contribution in [0.3, 0.4) is 0 Å². The zero-order chi connectivity index (χ0) is 18.4. The number of aromatic hydroxyl groups is 1. The lowest BCUT2D eigenvalue weighted by molar-refractivity contribution is -0.384. The van der Waals surface area contributed by atoms with E-state index in [-0.39, 0.29) is 29.2 Å². The van der Waals surface area contributed by atoms with Crippen molar-refractivity contribution in [2.24, 2.45) is 0 Å². The number of nitro groups is 1. The summed E-state index contributed by atoms with van der Waals surface area (Å²) in [5.74, 6) is -1.80. The zero-order valence-electron chi connectivity index (χ0n) is 13.3. The van der Waals surface area contributed by atoms with Crippen molar-refractivity contribution in [3.63, 3.8) is 0 Å². The van der Waals surface area contributed by atoms with E-state index < -0.39 is 16.7 Å². The molecular weight excluding hydrogens is 326 g/mol. The highest BCUT2D eigenvalue weighted by atomic mass is 16.6. The molecule has 2 aromatic carbocycles. The molecular formula is C18H15NO6. The Labute approximate surface area is 143 Å². The van der Waals surface area contributed by atoms with Gasteiger partial charge in [0.25, 0.3) is 5.69 Å². The summed E-state index contributed by atoms with van der Waals surface area (Å²) in [5, 5.41) is 20.5. The number of rotatable bonds is 6. The van der Waals surface area contributed by atoms with Crippen molar-refractivity contribution in [3.8, 4) is 5.75 Å². The van der Waals surface area contributed by atoms with E-state index in [0.717, 1.165) is 0 Å². The molecule has 0 aliphatic heterocycles. The molecule has 0 spiro atoms. The standard InChI is InChI=1S/C18H15NO6/c1-2-25-18(22)15(17(21)14-5-3-4-6-16(14)20)11-12-7-9-13(10-8-12)19(23)24/h3-11,20H,2H2,1H3/b15-11+. The van der Waals surface area contributed by atoms with E-state index in [1.165, 1.54) is 42.5 Å². The molecule has 0 bridgehead atoms. The monoisotopic (exact) mass is 341 g/mol. The van der Waals surface area contributed by atoms with Crippen molar-refractivity contribution in [1.29, 1.82) is 0 Å². The van der Waals surface area contributed by atoms with Gasteiger partial charge in [-0.1, -0.05) is 12.1 Å². The van der Waals surface area contributed by atoms with Crippen LogP contribution in [0.15, 0.2) is 54.1 Å². The number of benzene rings is 2. The quantitative estimate of drug-likeness (QED) is 0.164. The van der Waals surface area contributed by atoms with Crippen molar-refractivity contribution >= 4 is 23.5 Å².